The lowest BCUT2D eigenvalue weighted by Gasteiger charge is -2.04. The third-order valence-corrected chi connectivity index (χ3v) is 3.62. The third kappa shape index (κ3) is 2.70. The summed E-state index contributed by atoms with van der Waals surface area (Å²) in [6.45, 7) is 0. The largest absolute Gasteiger partial charge is 0.350 e. The zero-order valence-electron chi connectivity index (χ0n) is 12.4. The van der Waals surface area contributed by atoms with Gasteiger partial charge in [-0.25, -0.2) is 0 Å². The van der Waals surface area contributed by atoms with Crippen molar-refractivity contribution in [3.05, 3.63) is 65.9 Å². The Labute approximate surface area is 132 Å². The maximum absolute atomic E-state index is 12.4. The zero-order chi connectivity index (χ0) is 16.4. The number of rotatable bonds is 3. The molecule has 0 saturated carbocycles. The van der Waals surface area contributed by atoms with E-state index in [4.69, 9.17) is 5.26 Å². The molecule has 23 heavy (non-hydrogen) atoms. The van der Waals surface area contributed by atoms with Gasteiger partial charge in [-0.3, -0.25) is 9.59 Å². The summed E-state index contributed by atoms with van der Waals surface area (Å²) in [5.74, 6) is -1.29. The number of fused-ring (bicyclic) bond motifs is 1. The van der Waals surface area contributed by atoms with Crippen LogP contribution in [-0.2, 0) is 11.8 Å². The number of benzene rings is 2. The van der Waals surface area contributed by atoms with E-state index in [2.05, 4.69) is 5.32 Å². The van der Waals surface area contributed by atoms with Gasteiger partial charge >= 0.3 is 0 Å². The molecule has 1 heterocycles. The maximum atomic E-state index is 12.4. The second-order valence-electron chi connectivity index (χ2n) is 5.14. The van der Waals surface area contributed by atoms with Crippen LogP contribution in [0.2, 0.25) is 0 Å². The number of hydrogen-bond acceptors (Lipinski definition) is 3. The fraction of sp³-hybridized carbons (Fsp3) is 0.0556. The predicted molar refractivity (Wildman–Crippen MR) is 87.0 cm³/mol. The van der Waals surface area contributed by atoms with Gasteiger partial charge in [0.25, 0.3) is 11.7 Å². The van der Waals surface area contributed by atoms with Crippen molar-refractivity contribution in [3.8, 4) is 6.07 Å². The van der Waals surface area contributed by atoms with Crippen molar-refractivity contribution >= 4 is 28.3 Å². The van der Waals surface area contributed by atoms with E-state index in [1.165, 1.54) is 0 Å². The van der Waals surface area contributed by atoms with Crippen molar-refractivity contribution in [1.82, 2.24) is 4.57 Å². The van der Waals surface area contributed by atoms with E-state index >= 15 is 0 Å². The van der Waals surface area contributed by atoms with Crippen LogP contribution in [0.5, 0.6) is 0 Å². The summed E-state index contributed by atoms with van der Waals surface area (Å²) < 4.78 is 1.82. The van der Waals surface area contributed by atoms with Gasteiger partial charge in [0, 0.05) is 29.8 Å². The average molecular weight is 303 g/mol. The highest BCUT2D eigenvalue weighted by Crippen LogP contribution is 2.21. The number of carbonyl (C=O) groups is 2. The van der Waals surface area contributed by atoms with Crippen molar-refractivity contribution in [2.24, 2.45) is 7.05 Å². The molecule has 1 aromatic heterocycles. The molecule has 0 aliphatic heterocycles. The first kappa shape index (κ1) is 14.5. The Hall–Kier alpha value is -3.39. The van der Waals surface area contributed by atoms with E-state index in [1.54, 1.807) is 30.5 Å². The van der Waals surface area contributed by atoms with Gasteiger partial charge in [0.15, 0.2) is 0 Å². The summed E-state index contributed by atoms with van der Waals surface area (Å²) in [5, 5.41) is 12.1. The Morgan fingerprint density at radius 2 is 1.78 bits per heavy atom. The van der Waals surface area contributed by atoms with Crippen LogP contribution in [0.3, 0.4) is 0 Å². The molecule has 0 radical (unpaired) electrons. The number of aryl methyl sites for hydroxylation is 1. The number of anilines is 1. The van der Waals surface area contributed by atoms with Crippen molar-refractivity contribution < 1.29 is 9.59 Å². The highest BCUT2D eigenvalue weighted by Gasteiger charge is 2.20. The lowest BCUT2D eigenvalue weighted by molar-refractivity contribution is -0.112. The number of ketones is 1. The maximum Gasteiger partial charge on any atom is 0.296 e. The molecule has 3 aromatic rings. The molecule has 1 N–H and O–H groups in total. The number of nitrogens with one attached hydrogen (secondary N) is 1. The van der Waals surface area contributed by atoms with Crippen LogP contribution in [0.25, 0.3) is 10.9 Å². The molecule has 0 aliphatic rings. The molecule has 0 spiro atoms. The SMILES string of the molecule is Cn1cc(C(=O)C(=O)Nc2ccc(C#N)cc2)c2ccccc21. The van der Waals surface area contributed by atoms with Crippen LogP contribution in [0.1, 0.15) is 15.9 Å². The molecule has 0 fully saturated rings. The topological polar surface area (TPSA) is 74.9 Å². The lowest BCUT2D eigenvalue weighted by atomic mass is 10.1. The number of carbonyl (C=O) groups excluding carboxylic acids is 2. The Kier molecular flexibility index (Phi) is 3.65. The standard InChI is InChI=1S/C18H13N3O2/c1-21-11-15(14-4-2-3-5-16(14)21)17(22)18(23)20-13-8-6-12(10-19)7-9-13/h2-9,11H,1H3,(H,20,23). The predicted octanol–water partition coefficient (Wildman–Crippen LogP) is 2.87. The number of Topliss-reactive ketones (excluding diaryl/α,β-unsaturated/α-hetero) is 1. The number of hydrogen-bond donors (Lipinski definition) is 1. The molecular weight excluding hydrogens is 290 g/mol. The Bertz CT molecular complexity index is 947. The number of aromatic nitrogens is 1. The van der Waals surface area contributed by atoms with Gasteiger partial charge in [0.1, 0.15) is 0 Å². The van der Waals surface area contributed by atoms with Gasteiger partial charge in [-0.15, -0.1) is 0 Å². The van der Waals surface area contributed by atoms with Crippen molar-refractivity contribution in [2.75, 3.05) is 5.32 Å². The summed E-state index contributed by atoms with van der Waals surface area (Å²) in [4.78, 5) is 24.6. The molecule has 112 valence electrons. The fourth-order valence-corrected chi connectivity index (χ4v) is 2.46. The monoisotopic (exact) mass is 303 g/mol. The van der Waals surface area contributed by atoms with Crippen LogP contribution in [0, 0.1) is 11.3 Å². The smallest absolute Gasteiger partial charge is 0.296 e. The minimum Gasteiger partial charge on any atom is -0.350 e. The van der Waals surface area contributed by atoms with Crippen LogP contribution in [-0.4, -0.2) is 16.3 Å². The van der Waals surface area contributed by atoms with Crippen LogP contribution >= 0.6 is 0 Å². The number of para-hydroxylation sites is 1. The fourth-order valence-electron chi connectivity index (χ4n) is 2.46. The van der Waals surface area contributed by atoms with Gasteiger partial charge in [0.2, 0.25) is 0 Å². The quantitative estimate of drug-likeness (QED) is 0.597. The lowest BCUT2D eigenvalue weighted by Crippen LogP contribution is -2.22. The molecule has 0 bridgehead atoms. The molecule has 1 amide bonds. The Balaban J connectivity index is 1.86. The van der Waals surface area contributed by atoms with Crippen molar-refractivity contribution in [1.29, 1.82) is 5.26 Å². The third-order valence-electron chi connectivity index (χ3n) is 3.62. The molecule has 0 aliphatic carbocycles. The van der Waals surface area contributed by atoms with E-state index in [-0.39, 0.29) is 0 Å². The van der Waals surface area contributed by atoms with E-state index in [1.807, 2.05) is 41.9 Å². The van der Waals surface area contributed by atoms with E-state index in [9.17, 15) is 9.59 Å². The summed E-state index contributed by atoms with van der Waals surface area (Å²) in [5.41, 5.74) is 2.22. The normalized spacial score (nSPS) is 10.3. The molecular formula is C18H13N3O2. The van der Waals surface area contributed by atoms with Crippen molar-refractivity contribution in [2.45, 2.75) is 0 Å². The highest BCUT2D eigenvalue weighted by atomic mass is 16.2. The number of nitrogens with zero attached hydrogens (tertiary/aromatic N) is 2. The molecule has 5 nitrogen and oxygen atoms in total. The van der Waals surface area contributed by atoms with Gasteiger partial charge in [-0.2, -0.15) is 5.26 Å². The highest BCUT2D eigenvalue weighted by molar-refractivity contribution is 6.48. The first-order valence-electron chi connectivity index (χ1n) is 7.00. The van der Waals surface area contributed by atoms with Crippen LogP contribution < -0.4 is 5.32 Å². The Morgan fingerprint density at radius 3 is 2.48 bits per heavy atom. The summed E-state index contributed by atoms with van der Waals surface area (Å²) in [7, 11) is 1.83. The molecule has 0 unspecified atom stereocenters. The molecule has 0 saturated heterocycles. The first-order valence-corrected chi connectivity index (χ1v) is 7.00. The van der Waals surface area contributed by atoms with Crippen LogP contribution in [0.15, 0.2) is 54.7 Å². The zero-order valence-corrected chi connectivity index (χ0v) is 12.4. The van der Waals surface area contributed by atoms with Crippen LogP contribution in [0.4, 0.5) is 5.69 Å². The van der Waals surface area contributed by atoms with Gasteiger partial charge in [0.05, 0.1) is 17.2 Å². The van der Waals surface area contributed by atoms with Gasteiger partial charge in [-0.1, -0.05) is 18.2 Å². The number of amides is 1. The second kappa shape index (κ2) is 5.78. The minimum absolute atomic E-state index is 0.370. The van der Waals surface area contributed by atoms with E-state index < -0.39 is 11.7 Å². The van der Waals surface area contributed by atoms with Gasteiger partial charge in [-0.05, 0) is 30.3 Å². The second-order valence-corrected chi connectivity index (χ2v) is 5.14. The summed E-state index contributed by atoms with van der Waals surface area (Å²) in [6.07, 6.45) is 1.66. The minimum atomic E-state index is -0.703. The summed E-state index contributed by atoms with van der Waals surface area (Å²) in [6, 6.07) is 15.8. The molecule has 3 rings (SSSR count). The Morgan fingerprint density at radius 1 is 1.09 bits per heavy atom. The number of nitriles is 1. The molecule has 2 aromatic carbocycles. The first-order chi connectivity index (χ1) is 11.1. The summed E-state index contributed by atoms with van der Waals surface area (Å²) >= 11 is 0. The molecule has 5 heteroatoms. The molecule has 0 atom stereocenters. The van der Waals surface area contributed by atoms with E-state index in [0.29, 0.717) is 16.8 Å². The average Bonchev–Trinajstić information content (AvgIpc) is 2.92. The van der Waals surface area contributed by atoms with Crippen molar-refractivity contribution in [3.63, 3.8) is 0 Å². The van der Waals surface area contributed by atoms with E-state index in [0.717, 1.165) is 10.9 Å². The van der Waals surface area contributed by atoms with Gasteiger partial charge < -0.3 is 9.88 Å².